The van der Waals surface area contributed by atoms with Crippen LogP contribution < -0.4 is 0 Å². The van der Waals surface area contributed by atoms with Gasteiger partial charge in [0.15, 0.2) is 18.0 Å². The minimum atomic E-state index is -2.60. The average molecular weight is 722 g/mol. The van der Waals surface area contributed by atoms with E-state index in [4.69, 9.17) is 33.2 Å². The van der Waals surface area contributed by atoms with Gasteiger partial charge in [0.2, 0.25) is 0 Å². The molecule has 3 N–H and O–H groups in total. The Morgan fingerprint density at radius 2 is 1.60 bits per heavy atom. The molecule has 0 amide bonds. The molecule has 0 bridgehead atoms. The molecule has 15 atom stereocenters. The van der Waals surface area contributed by atoms with Crippen molar-refractivity contribution in [3.63, 3.8) is 0 Å². The molecule has 0 radical (unpaired) electrons. The van der Waals surface area contributed by atoms with Crippen molar-refractivity contribution in [3.8, 4) is 0 Å². The molecule has 50 heavy (non-hydrogen) atoms. The van der Waals surface area contributed by atoms with E-state index >= 15 is 4.39 Å². The summed E-state index contributed by atoms with van der Waals surface area (Å²) in [6.07, 6.45) is -12.5. The highest BCUT2D eigenvalue weighted by atomic mass is 19.1. The molecule has 3 rings (SSSR count). The number of hydrogen-bond acceptors (Lipinski definition) is 14. The summed E-state index contributed by atoms with van der Waals surface area (Å²) in [5.41, 5.74) is -7.46. The summed E-state index contributed by atoms with van der Waals surface area (Å²) in [6, 6.07) is -0.392. The molecule has 0 saturated carbocycles. The number of aliphatic hydroxyl groups excluding tert-OH is 2. The van der Waals surface area contributed by atoms with E-state index in [9.17, 15) is 29.7 Å². The van der Waals surface area contributed by atoms with Gasteiger partial charge in [0, 0.05) is 24.3 Å². The van der Waals surface area contributed by atoms with E-state index in [1.807, 2.05) is 4.90 Å². The number of halogens is 1. The third kappa shape index (κ3) is 9.19. The van der Waals surface area contributed by atoms with Crippen LogP contribution in [0.5, 0.6) is 0 Å². The molecule has 0 aromatic rings. The molecule has 3 fully saturated rings. The van der Waals surface area contributed by atoms with Crippen LogP contribution in [0.1, 0.15) is 95.4 Å². The fourth-order valence-corrected chi connectivity index (χ4v) is 7.84. The molecule has 0 unspecified atom stereocenters. The number of aliphatic hydroxyl groups is 3. The molecule has 0 aliphatic carbocycles. The van der Waals surface area contributed by atoms with Gasteiger partial charge in [-0.3, -0.25) is 4.79 Å². The molecule has 14 nitrogen and oxygen atoms in total. The number of alkyl halides is 1. The number of hydrogen-bond donors (Lipinski definition) is 3. The number of ether oxygens (including phenoxy) is 7. The first-order valence-corrected chi connectivity index (χ1v) is 17.5. The maximum absolute atomic E-state index is 17.6. The zero-order valence-electron chi connectivity index (χ0n) is 31.8. The Balaban J connectivity index is 2.19. The first kappa shape index (κ1) is 42.1. The van der Waals surface area contributed by atoms with Gasteiger partial charge in [0.25, 0.3) is 0 Å². The molecule has 0 aromatic heterocycles. The number of cyclic esters (lactones) is 1. The number of esters is 1. The Hall–Kier alpha value is -2.30. The highest BCUT2D eigenvalue weighted by molar-refractivity contribution is 5.73. The average Bonchev–Trinajstić information content (AvgIpc) is 3.29. The second-order valence-corrected chi connectivity index (χ2v) is 16.3. The van der Waals surface area contributed by atoms with Gasteiger partial charge in [0.1, 0.15) is 29.6 Å². The summed E-state index contributed by atoms with van der Waals surface area (Å²) in [5, 5.41) is 35.2. The molecule has 3 heterocycles. The maximum atomic E-state index is 17.6. The molecule has 0 aromatic carbocycles. The lowest BCUT2D eigenvalue weighted by molar-refractivity contribution is -0.301. The van der Waals surface area contributed by atoms with Gasteiger partial charge in [-0.15, -0.1) is 0 Å². The minimum Gasteiger partial charge on any atom is -0.458 e. The van der Waals surface area contributed by atoms with Gasteiger partial charge in [-0.1, -0.05) is 20.8 Å². The molecular formula is C35H60FNO13. The number of carbonyl (C=O) groups excluding carboxylic acids is 3. The molecule has 3 aliphatic rings. The van der Waals surface area contributed by atoms with E-state index in [-0.39, 0.29) is 12.5 Å². The summed E-state index contributed by atoms with van der Waals surface area (Å²) in [4.78, 5) is 41.3. The van der Waals surface area contributed by atoms with Crippen molar-refractivity contribution < 1.29 is 67.3 Å². The van der Waals surface area contributed by atoms with Crippen molar-refractivity contribution in [1.29, 1.82) is 0 Å². The molecule has 3 aliphatic heterocycles. The summed E-state index contributed by atoms with van der Waals surface area (Å²) in [6.45, 7) is 16.7. The SMILES string of the molecule is CC[C@H]1OC(=O)[C@H](C)[C@@H](O)[C@H](C)[C@@H](O[C@@H]2O[C@H](C)C[C@H](N(C)C)[C@H]2O)[C@](C)(O)C[C@](C)(F)[C@H](OC(=O)OC(C)(C)C)[C@H](C)[C@H]2OC(=O)O[C@@]21C. The Morgan fingerprint density at radius 3 is 2.14 bits per heavy atom. The topological polar surface area (TPSA) is 180 Å². The number of fused-ring (bicyclic) bond motifs is 1. The monoisotopic (exact) mass is 721 g/mol. The maximum Gasteiger partial charge on any atom is 0.509 e. The van der Waals surface area contributed by atoms with Crippen LogP contribution in [0.2, 0.25) is 0 Å². The largest absolute Gasteiger partial charge is 0.509 e. The zero-order chi connectivity index (χ0) is 38.3. The van der Waals surface area contributed by atoms with Gasteiger partial charge >= 0.3 is 18.3 Å². The van der Waals surface area contributed by atoms with Crippen LogP contribution in [0.4, 0.5) is 14.0 Å². The van der Waals surface area contributed by atoms with Gasteiger partial charge in [-0.05, 0) is 82.3 Å². The summed E-state index contributed by atoms with van der Waals surface area (Å²) < 4.78 is 58.0. The fourth-order valence-electron chi connectivity index (χ4n) is 7.84. The lowest BCUT2D eigenvalue weighted by Gasteiger charge is -2.48. The molecular weight excluding hydrogens is 661 g/mol. The summed E-state index contributed by atoms with van der Waals surface area (Å²) in [7, 11) is 3.59. The Labute approximate surface area is 295 Å². The van der Waals surface area contributed by atoms with Crippen LogP contribution in [0, 0.1) is 17.8 Å². The van der Waals surface area contributed by atoms with Crippen molar-refractivity contribution in [2.24, 2.45) is 17.8 Å². The van der Waals surface area contributed by atoms with Crippen LogP contribution in [0.3, 0.4) is 0 Å². The van der Waals surface area contributed by atoms with E-state index in [2.05, 4.69) is 0 Å². The first-order valence-electron chi connectivity index (χ1n) is 17.5. The van der Waals surface area contributed by atoms with Crippen molar-refractivity contribution in [1.82, 2.24) is 4.90 Å². The molecule has 3 saturated heterocycles. The first-order chi connectivity index (χ1) is 22.8. The van der Waals surface area contributed by atoms with Crippen LogP contribution in [-0.2, 0) is 38.0 Å². The number of rotatable bonds is 5. The van der Waals surface area contributed by atoms with Gasteiger partial charge in [0.05, 0.1) is 29.8 Å². The highest BCUT2D eigenvalue weighted by Crippen LogP contribution is 2.45. The predicted molar refractivity (Wildman–Crippen MR) is 177 cm³/mol. The van der Waals surface area contributed by atoms with Gasteiger partial charge < -0.3 is 53.4 Å². The lowest BCUT2D eigenvalue weighted by Crippen LogP contribution is -2.62. The molecule has 0 spiro atoms. The Morgan fingerprint density at radius 1 is 1.00 bits per heavy atom. The lowest BCUT2D eigenvalue weighted by atomic mass is 9.72. The molecule has 15 heteroatoms. The van der Waals surface area contributed by atoms with Gasteiger partial charge in [-0.2, -0.15) is 0 Å². The minimum absolute atomic E-state index is 0.132. The molecule has 290 valence electrons. The van der Waals surface area contributed by atoms with Crippen molar-refractivity contribution in [2.45, 2.75) is 173 Å². The predicted octanol–water partition coefficient (Wildman–Crippen LogP) is 3.89. The van der Waals surface area contributed by atoms with Crippen molar-refractivity contribution in [3.05, 3.63) is 0 Å². The second kappa shape index (κ2) is 15.4. The summed E-state index contributed by atoms with van der Waals surface area (Å²) in [5.74, 6) is -4.29. The Kier molecular flexibility index (Phi) is 12.9. The number of nitrogens with zero attached hydrogens (tertiary/aromatic N) is 1. The Bertz CT molecular complexity index is 1210. The zero-order valence-corrected chi connectivity index (χ0v) is 31.8. The summed E-state index contributed by atoms with van der Waals surface area (Å²) >= 11 is 0. The smallest absolute Gasteiger partial charge is 0.458 e. The third-order valence-electron chi connectivity index (χ3n) is 10.3. The number of carbonyl (C=O) groups is 3. The van der Waals surface area contributed by atoms with Crippen molar-refractivity contribution in [2.75, 3.05) is 14.1 Å². The van der Waals surface area contributed by atoms with Gasteiger partial charge in [-0.25, -0.2) is 14.0 Å². The van der Waals surface area contributed by atoms with E-state index in [0.29, 0.717) is 6.42 Å². The normalized spacial score (nSPS) is 45.1. The van der Waals surface area contributed by atoms with Crippen LogP contribution in [-0.4, -0.2) is 130 Å². The fraction of sp³-hybridized carbons (Fsp3) is 0.914. The van der Waals surface area contributed by atoms with Crippen LogP contribution in [0.15, 0.2) is 0 Å². The standard InChI is InChI=1S/C35H60FNO13/c1-14-22-35(11)27(48-31(42)50-35)20(5)25(47-30(41)49-32(6,7)8)33(9,36)16-34(10,43)26(18(3)23(38)19(4)28(40)45-22)46-29-24(39)21(37(12)13)15-17(2)44-29/h17-27,29,38-39,43H,14-16H2,1-13H3/t17-,18+,19-,20+,21+,22-,23+,24-,25-,26-,27-,29+,33+,34-,35-/m1/s1. The van der Waals surface area contributed by atoms with E-state index in [0.717, 1.165) is 6.92 Å². The van der Waals surface area contributed by atoms with Crippen LogP contribution in [0.25, 0.3) is 0 Å². The number of likely N-dealkylation sites (N-methyl/N-ethyl adjacent to an activating group) is 1. The second-order valence-electron chi connectivity index (χ2n) is 16.3. The third-order valence-corrected chi connectivity index (χ3v) is 10.3. The van der Waals surface area contributed by atoms with E-state index < -0.39 is 114 Å². The van der Waals surface area contributed by atoms with E-state index in [1.165, 1.54) is 34.6 Å². The highest BCUT2D eigenvalue weighted by Gasteiger charge is 2.62. The van der Waals surface area contributed by atoms with Crippen LogP contribution >= 0.6 is 0 Å². The van der Waals surface area contributed by atoms with Crippen molar-refractivity contribution >= 4 is 18.3 Å². The quantitative estimate of drug-likeness (QED) is 0.275. The van der Waals surface area contributed by atoms with E-state index in [1.54, 1.807) is 48.7 Å².